The zero-order chi connectivity index (χ0) is 34.2. The highest BCUT2D eigenvalue weighted by Gasteiger charge is 2.41. The van der Waals surface area contributed by atoms with E-state index in [2.05, 4.69) is 17.4 Å². The number of carbonyl (C=O) groups is 2. The van der Waals surface area contributed by atoms with Gasteiger partial charge in [-0.15, -0.1) is 0 Å². The van der Waals surface area contributed by atoms with Gasteiger partial charge in [0.2, 0.25) is 11.8 Å². The maximum atomic E-state index is 14.0. The molecule has 49 heavy (non-hydrogen) atoms. The van der Waals surface area contributed by atoms with E-state index in [-0.39, 0.29) is 50.0 Å². The molecule has 8 nitrogen and oxygen atoms in total. The van der Waals surface area contributed by atoms with Gasteiger partial charge < -0.3 is 30.3 Å². The van der Waals surface area contributed by atoms with E-state index in [9.17, 15) is 19.8 Å². The normalized spacial score (nSPS) is 21.3. The van der Waals surface area contributed by atoms with Crippen LogP contribution < -0.4 is 10.1 Å². The number of benzene rings is 4. The molecule has 1 aliphatic heterocycles. The van der Waals surface area contributed by atoms with Gasteiger partial charge in [-0.1, -0.05) is 97.1 Å². The number of nitrogens with one attached hydrogen (secondary N) is 1. The lowest BCUT2D eigenvalue weighted by atomic mass is 9.91. The Kier molecular flexibility index (Phi) is 11.4. The molecule has 4 aromatic rings. The third-order valence-electron chi connectivity index (χ3n) is 9.87. The minimum atomic E-state index is -0.943. The molecule has 0 radical (unpaired) electrons. The van der Waals surface area contributed by atoms with Crippen LogP contribution in [0.2, 0.25) is 0 Å². The lowest BCUT2D eigenvalue weighted by molar-refractivity contribution is -0.133. The SMILES string of the molecule is O=C(N[C@H]1c2ccccc2C[C@H]1O)[C@@H](Cc1ccc(OCCO)cc1)C[C@H](O)CN1C(=O)[C@@H](Cc2ccccc2)C[C@@H]1Cc1ccccc1. The van der Waals surface area contributed by atoms with Crippen LogP contribution in [-0.2, 0) is 35.3 Å². The summed E-state index contributed by atoms with van der Waals surface area (Å²) in [6, 6.07) is 34.7. The van der Waals surface area contributed by atoms with Gasteiger partial charge in [-0.05, 0) is 72.1 Å². The summed E-state index contributed by atoms with van der Waals surface area (Å²) in [6.07, 6.45) is 1.31. The van der Waals surface area contributed by atoms with Crippen molar-refractivity contribution in [2.75, 3.05) is 19.8 Å². The number of β-amino-alcohol motifs (C(OH)–C–C–N with tert-alkyl or cyclic N) is 1. The number of aliphatic hydroxyl groups is 3. The summed E-state index contributed by atoms with van der Waals surface area (Å²) in [7, 11) is 0. The molecular weight excluding hydrogens is 616 g/mol. The molecule has 2 aliphatic rings. The van der Waals surface area contributed by atoms with E-state index < -0.39 is 24.2 Å². The van der Waals surface area contributed by atoms with Gasteiger partial charge in [-0.2, -0.15) is 0 Å². The lowest BCUT2D eigenvalue weighted by Gasteiger charge is -2.29. The van der Waals surface area contributed by atoms with E-state index in [1.165, 1.54) is 0 Å². The number of hydrogen-bond donors (Lipinski definition) is 4. The zero-order valence-corrected chi connectivity index (χ0v) is 27.7. The van der Waals surface area contributed by atoms with E-state index in [0.29, 0.717) is 37.9 Å². The van der Waals surface area contributed by atoms with E-state index in [4.69, 9.17) is 9.84 Å². The summed E-state index contributed by atoms with van der Waals surface area (Å²) < 4.78 is 5.51. The average Bonchev–Trinajstić information content (AvgIpc) is 3.58. The number of nitrogens with zero attached hydrogens (tertiary/aromatic N) is 1. The van der Waals surface area contributed by atoms with Crippen molar-refractivity contribution in [3.8, 4) is 5.75 Å². The molecule has 1 saturated heterocycles. The fourth-order valence-electron chi connectivity index (χ4n) is 7.46. The summed E-state index contributed by atoms with van der Waals surface area (Å²) in [4.78, 5) is 29.8. The van der Waals surface area contributed by atoms with Gasteiger partial charge in [0, 0.05) is 30.8 Å². The Hall–Kier alpha value is -4.50. The largest absolute Gasteiger partial charge is 0.491 e. The van der Waals surface area contributed by atoms with Gasteiger partial charge in [0.1, 0.15) is 12.4 Å². The topological polar surface area (TPSA) is 119 Å². The predicted octanol–water partition coefficient (Wildman–Crippen LogP) is 4.44. The van der Waals surface area contributed by atoms with E-state index in [1.807, 2.05) is 89.8 Å². The Morgan fingerprint density at radius 1 is 0.857 bits per heavy atom. The second-order valence-corrected chi connectivity index (χ2v) is 13.4. The van der Waals surface area contributed by atoms with Crippen LogP contribution in [-0.4, -0.2) is 70.0 Å². The first kappa shape index (κ1) is 34.4. The second-order valence-electron chi connectivity index (χ2n) is 13.4. The lowest BCUT2D eigenvalue weighted by Crippen LogP contribution is -2.43. The van der Waals surface area contributed by atoms with Crippen molar-refractivity contribution in [3.63, 3.8) is 0 Å². The Balaban J connectivity index is 1.19. The van der Waals surface area contributed by atoms with Gasteiger partial charge in [0.15, 0.2) is 0 Å². The first-order valence-corrected chi connectivity index (χ1v) is 17.3. The summed E-state index contributed by atoms with van der Waals surface area (Å²) in [5.41, 5.74) is 5.06. The molecular formula is C41H46N2O6. The van der Waals surface area contributed by atoms with Crippen LogP contribution in [0.15, 0.2) is 109 Å². The van der Waals surface area contributed by atoms with E-state index >= 15 is 0 Å². The van der Waals surface area contributed by atoms with Gasteiger partial charge in [0.25, 0.3) is 0 Å². The van der Waals surface area contributed by atoms with Crippen molar-refractivity contribution in [2.24, 2.45) is 11.8 Å². The number of rotatable bonds is 15. The predicted molar refractivity (Wildman–Crippen MR) is 188 cm³/mol. The Labute approximate surface area is 288 Å². The first-order chi connectivity index (χ1) is 23.9. The number of fused-ring (bicyclic) bond motifs is 1. The molecule has 256 valence electrons. The second kappa shape index (κ2) is 16.3. The van der Waals surface area contributed by atoms with Gasteiger partial charge in [0.05, 0.1) is 24.9 Å². The summed E-state index contributed by atoms with van der Waals surface area (Å²) >= 11 is 0. The minimum absolute atomic E-state index is 0.0361. The summed E-state index contributed by atoms with van der Waals surface area (Å²) in [5, 5.41) is 34.7. The third kappa shape index (κ3) is 8.76. The van der Waals surface area contributed by atoms with Crippen molar-refractivity contribution in [1.29, 1.82) is 0 Å². The number of likely N-dealkylation sites (tertiary alicyclic amines) is 1. The maximum Gasteiger partial charge on any atom is 0.226 e. The highest BCUT2D eigenvalue weighted by molar-refractivity contribution is 5.82. The fourth-order valence-corrected chi connectivity index (χ4v) is 7.46. The van der Waals surface area contributed by atoms with Gasteiger partial charge in [-0.25, -0.2) is 0 Å². The molecule has 0 aromatic heterocycles. The molecule has 0 unspecified atom stereocenters. The van der Waals surface area contributed by atoms with Crippen molar-refractivity contribution in [2.45, 2.75) is 62.8 Å². The molecule has 0 bridgehead atoms. The average molecular weight is 663 g/mol. The van der Waals surface area contributed by atoms with Gasteiger partial charge in [-0.3, -0.25) is 9.59 Å². The van der Waals surface area contributed by atoms with Crippen molar-refractivity contribution >= 4 is 11.8 Å². The van der Waals surface area contributed by atoms with E-state index in [1.54, 1.807) is 12.1 Å². The number of ether oxygens (including phenoxy) is 1. The number of hydrogen-bond acceptors (Lipinski definition) is 6. The Morgan fingerprint density at radius 3 is 2.20 bits per heavy atom. The fraction of sp³-hybridized carbons (Fsp3) is 0.366. The van der Waals surface area contributed by atoms with Crippen LogP contribution in [0.1, 0.15) is 46.7 Å². The monoisotopic (exact) mass is 662 g/mol. The molecule has 1 heterocycles. The van der Waals surface area contributed by atoms with Crippen LogP contribution >= 0.6 is 0 Å². The van der Waals surface area contributed by atoms with Crippen molar-refractivity contribution in [1.82, 2.24) is 10.2 Å². The number of aliphatic hydroxyl groups excluding tert-OH is 3. The number of amides is 2. The highest BCUT2D eigenvalue weighted by Crippen LogP contribution is 2.33. The minimum Gasteiger partial charge on any atom is -0.491 e. The molecule has 0 spiro atoms. The summed E-state index contributed by atoms with van der Waals surface area (Å²) in [6.45, 7) is 0.236. The highest BCUT2D eigenvalue weighted by atomic mass is 16.5. The first-order valence-electron chi connectivity index (χ1n) is 17.3. The molecule has 4 aromatic carbocycles. The van der Waals surface area contributed by atoms with Crippen molar-refractivity contribution in [3.05, 3.63) is 137 Å². The maximum absolute atomic E-state index is 14.0. The Bertz CT molecular complexity index is 1660. The zero-order valence-electron chi connectivity index (χ0n) is 27.7. The number of carbonyl (C=O) groups excluding carboxylic acids is 2. The van der Waals surface area contributed by atoms with Crippen LogP contribution in [0, 0.1) is 11.8 Å². The molecule has 1 aliphatic carbocycles. The molecule has 8 heteroatoms. The standard InChI is InChI=1S/C41H46N2O6/c44-19-20-49-36-17-15-30(16-18-36)21-32(40(47)42-39-37-14-8-7-13-31(37)26-38(39)46)25-35(45)27-43-34(23-29-11-5-2-6-12-29)24-33(41(43)48)22-28-9-3-1-4-10-28/h1-18,32-35,38-39,44-46H,19-27H2,(H,42,47)/t32-,33-,34-,35-,38+,39-/m0/s1. The van der Waals surface area contributed by atoms with Crippen molar-refractivity contribution < 1.29 is 29.6 Å². The van der Waals surface area contributed by atoms with Crippen LogP contribution in [0.3, 0.4) is 0 Å². The molecule has 4 N–H and O–H groups in total. The molecule has 1 fully saturated rings. The van der Waals surface area contributed by atoms with Crippen LogP contribution in [0.5, 0.6) is 5.75 Å². The van der Waals surface area contributed by atoms with E-state index in [0.717, 1.165) is 27.8 Å². The quantitative estimate of drug-likeness (QED) is 0.150. The molecule has 6 rings (SSSR count). The van der Waals surface area contributed by atoms with Crippen LogP contribution in [0.25, 0.3) is 0 Å². The smallest absolute Gasteiger partial charge is 0.226 e. The molecule has 6 atom stereocenters. The molecule has 2 amide bonds. The third-order valence-corrected chi connectivity index (χ3v) is 9.87. The Morgan fingerprint density at radius 2 is 1.51 bits per heavy atom. The van der Waals surface area contributed by atoms with Crippen LogP contribution in [0.4, 0.5) is 0 Å². The van der Waals surface area contributed by atoms with Gasteiger partial charge >= 0.3 is 0 Å². The summed E-state index contributed by atoms with van der Waals surface area (Å²) in [5.74, 6) is -0.404. The molecule has 0 saturated carbocycles.